The monoisotopic (exact) mass is 734 g/mol. The van der Waals surface area contributed by atoms with Gasteiger partial charge in [0.05, 0.1) is 18.2 Å². The summed E-state index contributed by atoms with van der Waals surface area (Å²) in [6.07, 6.45) is -2.94. The van der Waals surface area contributed by atoms with Gasteiger partial charge >= 0.3 is 23.5 Å². The molecule has 4 aromatic rings. The van der Waals surface area contributed by atoms with E-state index in [4.69, 9.17) is 30.9 Å². The number of carboxylic acids is 2. The molecular formula is C38H36ClFN2O10. The van der Waals surface area contributed by atoms with Crippen LogP contribution in [0.3, 0.4) is 0 Å². The number of aliphatic hydroxyl groups is 1. The zero-order chi connectivity index (χ0) is 37.3. The molecule has 2 unspecified atom stereocenters. The summed E-state index contributed by atoms with van der Waals surface area (Å²) in [5.74, 6) is -6.20. The summed E-state index contributed by atoms with van der Waals surface area (Å²) < 4.78 is 30.5. The summed E-state index contributed by atoms with van der Waals surface area (Å²) in [5, 5.41) is 32.4. The normalized spacial score (nSPS) is 18.6. The average Bonchev–Trinajstić information content (AvgIpc) is 3.16. The second-order valence-corrected chi connectivity index (χ2v) is 12.4. The third-order valence-electron chi connectivity index (χ3n) is 8.50. The van der Waals surface area contributed by atoms with Crippen LogP contribution in [-0.2, 0) is 25.7 Å². The number of aliphatic hydroxyl groups excluding tert-OH is 1. The number of ketones is 1. The predicted molar refractivity (Wildman–Crippen MR) is 186 cm³/mol. The maximum Gasteiger partial charge on any atom is 0.360 e. The van der Waals surface area contributed by atoms with Gasteiger partial charge in [-0.1, -0.05) is 78.3 Å². The van der Waals surface area contributed by atoms with Crippen molar-refractivity contribution in [1.82, 2.24) is 10.2 Å². The number of nitrogens with one attached hydrogen (secondary N) is 1. The maximum atomic E-state index is 13.6. The van der Waals surface area contributed by atoms with Gasteiger partial charge in [-0.05, 0) is 42.0 Å². The van der Waals surface area contributed by atoms with Crippen molar-refractivity contribution in [3.63, 3.8) is 0 Å². The highest BCUT2D eigenvalue weighted by Gasteiger charge is 2.59. The number of fused-ring (bicyclic) bond motifs is 1. The average molecular weight is 735 g/mol. The summed E-state index contributed by atoms with van der Waals surface area (Å²) in [6, 6.07) is 26.6. The summed E-state index contributed by atoms with van der Waals surface area (Å²) in [6.45, 7) is 4.64. The predicted octanol–water partition coefficient (Wildman–Crippen LogP) is 4.40. The molecule has 4 N–H and O–H groups in total. The Morgan fingerprint density at radius 3 is 2.13 bits per heavy atom. The van der Waals surface area contributed by atoms with Crippen molar-refractivity contribution in [2.75, 3.05) is 32.8 Å². The van der Waals surface area contributed by atoms with Crippen LogP contribution in [0.4, 0.5) is 4.39 Å². The molecule has 0 saturated carbocycles. The molecule has 2 aliphatic heterocycles. The largest absolute Gasteiger partial charge is 0.490 e. The second-order valence-electron chi connectivity index (χ2n) is 11.9. The van der Waals surface area contributed by atoms with E-state index in [0.717, 1.165) is 43.1 Å². The molecule has 0 radical (unpaired) electrons. The Hall–Kier alpha value is -5.18. The molecular weight excluding hydrogens is 699 g/mol. The molecule has 14 heteroatoms. The summed E-state index contributed by atoms with van der Waals surface area (Å²) in [4.78, 5) is 50.5. The molecule has 272 valence electrons. The molecule has 12 nitrogen and oxygen atoms in total. The molecule has 6 rings (SSSR count). The van der Waals surface area contributed by atoms with Gasteiger partial charge in [0, 0.05) is 42.3 Å². The number of ether oxygens (including phenoxy) is 3. The van der Waals surface area contributed by atoms with Gasteiger partial charge in [-0.15, -0.1) is 0 Å². The fraction of sp³-hybridized carbons (Fsp3) is 0.263. The van der Waals surface area contributed by atoms with Crippen LogP contribution in [0.15, 0.2) is 103 Å². The van der Waals surface area contributed by atoms with Gasteiger partial charge in [0.15, 0.2) is 0 Å². The molecule has 0 aromatic heterocycles. The Bertz CT molecular complexity index is 1860. The first-order valence-corrected chi connectivity index (χ1v) is 16.6. The van der Waals surface area contributed by atoms with E-state index >= 15 is 0 Å². The topological polar surface area (TPSA) is 172 Å². The van der Waals surface area contributed by atoms with Gasteiger partial charge in [0.2, 0.25) is 11.9 Å². The highest BCUT2D eigenvalue weighted by molar-refractivity contribution is 6.30. The fourth-order valence-corrected chi connectivity index (χ4v) is 6.23. The maximum absolute atomic E-state index is 13.6. The lowest BCUT2D eigenvalue weighted by Crippen LogP contribution is -2.61. The van der Waals surface area contributed by atoms with Crippen molar-refractivity contribution in [1.29, 1.82) is 0 Å². The van der Waals surface area contributed by atoms with E-state index < -0.39 is 35.4 Å². The molecule has 4 atom stereocenters. The van der Waals surface area contributed by atoms with Crippen LogP contribution in [0, 0.1) is 5.82 Å². The number of piperazine rings is 1. The minimum atomic E-state index is -3.35. The molecule has 0 spiro atoms. The van der Waals surface area contributed by atoms with Gasteiger partial charge in [-0.3, -0.25) is 9.69 Å². The molecule has 52 heavy (non-hydrogen) atoms. The quantitative estimate of drug-likeness (QED) is 0.0974. The van der Waals surface area contributed by atoms with Crippen molar-refractivity contribution in [2.45, 2.75) is 30.5 Å². The van der Waals surface area contributed by atoms with E-state index in [1.54, 1.807) is 18.2 Å². The number of Topliss-reactive ketones (excluding diaryl/α,β-unsaturated/α-hetero) is 1. The van der Waals surface area contributed by atoms with Gasteiger partial charge < -0.3 is 34.8 Å². The summed E-state index contributed by atoms with van der Waals surface area (Å²) >= 11 is 5.95. The minimum Gasteiger partial charge on any atom is -0.490 e. The van der Waals surface area contributed by atoms with Crippen LogP contribution in [-0.4, -0.2) is 94.5 Å². The molecule has 0 amide bonds. The number of hydrogen-bond acceptors (Lipinski definition) is 10. The molecule has 1 saturated heterocycles. The van der Waals surface area contributed by atoms with Crippen molar-refractivity contribution in [3.05, 3.63) is 136 Å². The number of carboxylic acid groups (broad SMARTS) is 2. The van der Waals surface area contributed by atoms with Crippen molar-refractivity contribution in [3.8, 4) is 5.75 Å². The van der Waals surface area contributed by atoms with E-state index in [-0.39, 0.29) is 29.1 Å². The van der Waals surface area contributed by atoms with Crippen LogP contribution >= 0.6 is 11.6 Å². The number of halogens is 2. The number of aliphatic carboxylic acids is 2. The Morgan fingerprint density at radius 2 is 1.52 bits per heavy atom. The number of benzene rings is 4. The Kier molecular flexibility index (Phi) is 12.7. The van der Waals surface area contributed by atoms with Crippen LogP contribution in [0.2, 0.25) is 5.02 Å². The van der Waals surface area contributed by atoms with E-state index in [9.17, 15) is 33.8 Å². The van der Waals surface area contributed by atoms with E-state index in [2.05, 4.69) is 16.3 Å². The zero-order valence-corrected chi connectivity index (χ0v) is 28.4. The van der Waals surface area contributed by atoms with Gasteiger partial charge in [0.25, 0.3) is 0 Å². The molecule has 0 aliphatic carbocycles. The zero-order valence-electron chi connectivity index (χ0n) is 27.7. The van der Waals surface area contributed by atoms with Crippen LogP contribution in [0.25, 0.3) is 0 Å². The molecule has 2 aliphatic rings. The van der Waals surface area contributed by atoms with Crippen LogP contribution in [0.5, 0.6) is 5.75 Å². The van der Waals surface area contributed by atoms with Crippen molar-refractivity contribution < 1.29 is 53.1 Å². The molecule has 0 bridgehead atoms. The highest BCUT2D eigenvalue weighted by Crippen LogP contribution is 2.38. The molecule has 1 fully saturated rings. The minimum absolute atomic E-state index is 0.114. The lowest BCUT2D eigenvalue weighted by atomic mass is 9.87. The lowest BCUT2D eigenvalue weighted by molar-refractivity contribution is -0.176. The van der Waals surface area contributed by atoms with Gasteiger partial charge in [-0.25, -0.2) is 18.8 Å². The summed E-state index contributed by atoms with van der Waals surface area (Å²) in [7, 11) is 0. The number of para-hydroxylation sites is 1. The number of carbonyl (C=O) groups excluding carboxylic acids is 2. The Labute approximate surface area is 303 Å². The van der Waals surface area contributed by atoms with Crippen molar-refractivity contribution >= 4 is 35.3 Å². The molecule has 4 aromatic carbocycles. The first-order chi connectivity index (χ1) is 25.0. The third-order valence-corrected chi connectivity index (χ3v) is 8.72. The number of nitrogens with zero attached hydrogens (tertiary/aromatic N) is 1. The first-order valence-electron chi connectivity index (χ1n) is 16.3. The standard InChI is InChI=1S/C20H22ClFN2O2.C18H14O8/c21-15-9-14(10-16(22)11-15)12-25-19-13-26-18-4-2-1-3-17(18)20(19)24-7-5-23-6-8-24;19-13(11-7-3-1-4-8-11)18(17(24)25,14(20)15(21)22)26-16(23)12-9-5-2-6-10-12/h1-4,9-11,19-20,23H,5-8,12-13H2;1-10,14,20H,(H,21,22)(H,24,25)/t19-,20-;/m1./s1. The Balaban J connectivity index is 0.000000201. The number of carbonyl (C=O) groups is 4. The van der Waals surface area contributed by atoms with Gasteiger partial charge in [-0.2, -0.15) is 0 Å². The van der Waals surface area contributed by atoms with Gasteiger partial charge in [0.1, 0.15) is 24.3 Å². The van der Waals surface area contributed by atoms with Crippen LogP contribution < -0.4 is 10.1 Å². The third kappa shape index (κ3) is 8.81. The highest BCUT2D eigenvalue weighted by atomic mass is 35.5. The SMILES string of the molecule is Fc1cc(Cl)cc(CO[C@@H]2COc3ccccc3[C@H]2N2CCNCC2)c1.O=C(OC(C(=O)O)(C(=O)c1ccccc1)C(O)C(=O)O)c1ccccc1. The van der Waals surface area contributed by atoms with E-state index in [1.807, 2.05) is 18.2 Å². The number of esters is 1. The second kappa shape index (κ2) is 17.4. The van der Waals surface area contributed by atoms with Crippen LogP contribution in [0.1, 0.15) is 37.9 Å². The van der Waals surface area contributed by atoms with E-state index in [1.165, 1.54) is 60.7 Å². The smallest absolute Gasteiger partial charge is 0.360 e. The fourth-order valence-electron chi connectivity index (χ4n) is 5.99. The molecule has 2 heterocycles. The van der Waals surface area contributed by atoms with E-state index in [0.29, 0.717) is 18.2 Å². The number of rotatable bonds is 11. The Morgan fingerprint density at radius 1 is 0.904 bits per heavy atom. The van der Waals surface area contributed by atoms with Crippen molar-refractivity contribution in [2.24, 2.45) is 0 Å². The first kappa shape index (κ1) is 38.1. The lowest BCUT2D eigenvalue weighted by Gasteiger charge is -2.42. The number of hydrogen-bond donors (Lipinski definition) is 4. The summed E-state index contributed by atoms with van der Waals surface area (Å²) in [5.41, 5.74) is -1.82.